The summed E-state index contributed by atoms with van der Waals surface area (Å²) in [5.74, 6) is 5.44. The first-order chi connectivity index (χ1) is 9.63. The highest BCUT2D eigenvalue weighted by molar-refractivity contribution is 5.94. The van der Waals surface area contributed by atoms with Crippen LogP contribution in [0.15, 0.2) is 18.5 Å². The zero-order valence-electron chi connectivity index (χ0n) is 11.8. The summed E-state index contributed by atoms with van der Waals surface area (Å²) in [6, 6.07) is 1.68. The van der Waals surface area contributed by atoms with Crippen LogP contribution in [0.1, 0.15) is 36.2 Å². The maximum absolute atomic E-state index is 11.9. The van der Waals surface area contributed by atoms with E-state index in [4.69, 9.17) is 9.84 Å². The number of hydrogen-bond donors (Lipinski definition) is 2. The monoisotopic (exact) mass is 276 g/mol. The Balaban J connectivity index is 2.52. The number of hydrogen-bond acceptors (Lipinski definition) is 4. The second-order valence-electron chi connectivity index (χ2n) is 4.41. The summed E-state index contributed by atoms with van der Waals surface area (Å²) in [6.07, 6.45) is 3.64. The van der Waals surface area contributed by atoms with Crippen LogP contribution in [0.2, 0.25) is 0 Å². The number of aromatic nitrogens is 1. The van der Waals surface area contributed by atoms with Crippen LogP contribution in [0.5, 0.6) is 0 Å². The Morgan fingerprint density at radius 2 is 2.30 bits per heavy atom. The van der Waals surface area contributed by atoms with E-state index in [0.29, 0.717) is 30.7 Å². The Morgan fingerprint density at radius 1 is 1.50 bits per heavy atom. The third kappa shape index (κ3) is 6.32. The number of carbonyl (C=O) groups is 1. The van der Waals surface area contributed by atoms with Crippen molar-refractivity contribution < 1.29 is 14.6 Å². The van der Waals surface area contributed by atoms with Crippen LogP contribution in [-0.2, 0) is 4.74 Å². The van der Waals surface area contributed by atoms with E-state index in [2.05, 4.69) is 22.1 Å². The van der Waals surface area contributed by atoms with Crippen molar-refractivity contribution in [2.75, 3.05) is 19.8 Å². The molecule has 20 heavy (non-hydrogen) atoms. The first-order valence-electron chi connectivity index (χ1n) is 6.58. The summed E-state index contributed by atoms with van der Waals surface area (Å²) < 4.78 is 5.34. The minimum Gasteiger partial charge on any atom is -0.395 e. The lowest BCUT2D eigenvalue weighted by atomic mass is 10.2. The highest BCUT2D eigenvalue weighted by Gasteiger charge is 2.05. The minimum absolute atomic E-state index is 0.0243. The third-order valence-corrected chi connectivity index (χ3v) is 2.31. The third-order valence-electron chi connectivity index (χ3n) is 2.31. The van der Waals surface area contributed by atoms with Crippen LogP contribution < -0.4 is 5.32 Å². The highest BCUT2D eigenvalue weighted by atomic mass is 16.5. The molecule has 0 aliphatic carbocycles. The molecule has 1 rings (SSSR count). The van der Waals surface area contributed by atoms with Gasteiger partial charge >= 0.3 is 0 Å². The Morgan fingerprint density at radius 3 is 3.00 bits per heavy atom. The molecule has 0 radical (unpaired) electrons. The van der Waals surface area contributed by atoms with Crippen LogP contribution in [0.3, 0.4) is 0 Å². The maximum Gasteiger partial charge on any atom is 0.252 e. The molecule has 0 aromatic carbocycles. The molecule has 0 unspecified atom stereocenters. The molecular weight excluding hydrogens is 256 g/mol. The number of amides is 1. The van der Waals surface area contributed by atoms with Crippen molar-refractivity contribution in [3.63, 3.8) is 0 Å². The van der Waals surface area contributed by atoms with Gasteiger partial charge in [-0.15, -0.1) is 0 Å². The summed E-state index contributed by atoms with van der Waals surface area (Å²) >= 11 is 0. The highest BCUT2D eigenvalue weighted by Crippen LogP contribution is 2.01. The molecule has 5 heteroatoms. The molecule has 0 spiro atoms. The molecule has 1 aromatic rings. The summed E-state index contributed by atoms with van der Waals surface area (Å²) in [5.41, 5.74) is 1.12. The van der Waals surface area contributed by atoms with Crippen LogP contribution in [-0.4, -0.2) is 41.9 Å². The Labute approximate surface area is 119 Å². The van der Waals surface area contributed by atoms with E-state index in [1.165, 1.54) is 6.20 Å². The Kier molecular flexibility index (Phi) is 7.33. The first-order valence-corrected chi connectivity index (χ1v) is 6.58. The molecule has 0 atom stereocenters. The summed E-state index contributed by atoms with van der Waals surface area (Å²) in [4.78, 5) is 15.9. The second kappa shape index (κ2) is 9.08. The zero-order chi connectivity index (χ0) is 14.8. The van der Waals surface area contributed by atoms with E-state index >= 15 is 0 Å². The lowest BCUT2D eigenvalue weighted by Crippen LogP contribution is -2.28. The summed E-state index contributed by atoms with van der Waals surface area (Å²) in [7, 11) is 0. The van der Waals surface area contributed by atoms with E-state index in [9.17, 15) is 4.79 Å². The van der Waals surface area contributed by atoms with E-state index in [0.717, 1.165) is 0 Å². The van der Waals surface area contributed by atoms with Crippen LogP contribution >= 0.6 is 0 Å². The van der Waals surface area contributed by atoms with E-state index in [1.54, 1.807) is 12.3 Å². The molecule has 0 bridgehead atoms. The average molecular weight is 276 g/mol. The normalized spacial score (nSPS) is 10.0. The lowest BCUT2D eigenvalue weighted by Gasteiger charge is -2.08. The van der Waals surface area contributed by atoms with Gasteiger partial charge in [-0.3, -0.25) is 9.78 Å². The second-order valence-corrected chi connectivity index (χ2v) is 4.41. The summed E-state index contributed by atoms with van der Waals surface area (Å²) in [5, 5.41) is 11.4. The quantitative estimate of drug-likeness (QED) is 0.600. The van der Waals surface area contributed by atoms with Crippen molar-refractivity contribution in [1.29, 1.82) is 0 Å². The van der Waals surface area contributed by atoms with Gasteiger partial charge in [0.2, 0.25) is 0 Å². The van der Waals surface area contributed by atoms with Gasteiger partial charge < -0.3 is 15.2 Å². The fraction of sp³-hybridized carbons (Fsp3) is 0.467. The van der Waals surface area contributed by atoms with Gasteiger partial charge in [0.1, 0.15) is 0 Å². The predicted octanol–water partition coefficient (Wildman–Crippen LogP) is 0.970. The molecule has 0 saturated carbocycles. The van der Waals surface area contributed by atoms with Gasteiger partial charge in [-0.25, -0.2) is 0 Å². The zero-order valence-corrected chi connectivity index (χ0v) is 11.8. The van der Waals surface area contributed by atoms with Gasteiger partial charge in [0, 0.05) is 30.9 Å². The molecule has 1 amide bonds. The van der Waals surface area contributed by atoms with Crippen molar-refractivity contribution in [2.45, 2.75) is 26.4 Å². The number of carbonyl (C=O) groups excluding carboxylic acids is 1. The molecule has 5 nitrogen and oxygen atoms in total. The number of ether oxygens (including phenoxy) is 1. The van der Waals surface area contributed by atoms with E-state index < -0.39 is 0 Å². The van der Waals surface area contributed by atoms with Crippen molar-refractivity contribution in [1.82, 2.24) is 10.3 Å². The molecule has 1 heterocycles. The molecule has 0 aliphatic heterocycles. The molecule has 0 aliphatic rings. The Hall–Kier alpha value is -1.90. The number of nitrogens with one attached hydrogen (secondary N) is 1. The van der Waals surface area contributed by atoms with Gasteiger partial charge in [0.25, 0.3) is 5.91 Å². The molecular formula is C15H20N2O3. The SMILES string of the molecule is CC(C)OCCNC(=O)c1cncc(C#CCCO)c1. The van der Waals surface area contributed by atoms with Crippen molar-refractivity contribution >= 4 is 5.91 Å². The van der Waals surface area contributed by atoms with Gasteiger partial charge in [-0.05, 0) is 19.9 Å². The average Bonchev–Trinajstić information content (AvgIpc) is 2.44. The minimum atomic E-state index is -0.198. The van der Waals surface area contributed by atoms with Crippen molar-refractivity contribution in [3.05, 3.63) is 29.6 Å². The standard InChI is InChI=1S/C15H20N2O3/c1-12(2)20-8-6-17-15(19)14-9-13(10-16-11-14)5-3-4-7-18/h9-12,18H,4,6-8H2,1-2H3,(H,17,19). The number of nitrogens with zero attached hydrogens (tertiary/aromatic N) is 1. The van der Waals surface area contributed by atoms with E-state index in [-0.39, 0.29) is 18.6 Å². The molecule has 0 saturated heterocycles. The number of aliphatic hydroxyl groups is 1. The fourth-order valence-corrected chi connectivity index (χ4v) is 1.41. The Bertz CT molecular complexity index is 489. The smallest absolute Gasteiger partial charge is 0.252 e. The van der Waals surface area contributed by atoms with Gasteiger partial charge in [-0.2, -0.15) is 0 Å². The van der Waals surface area contributed by atoms with Crippen molar-refractivity contribution in [2.24, 2.45) is 0 Å². The largest absolute Gasteiger partial charge is 0.395 e. The first kappa shape index (κ1) is 16.2. The van der Waals surface area contributed by atoms with Crippen LogP contribution in [0, 0.1) is 11.8 Å². The topological polar surface area (TPSA) is 71.5 Å². The number of rotatable bonds is 6. The van der Waals surface area contributed by atoms with E-state index in [1.807, 2.05) is 13.8 Å². The maximum atomic E-state index is 11.9. The van der Waals surface area contributed by atoms with Gasteiger partial charge in [-0.1, -0.05) is 11.8 Å². The van der Waals surface area contributed by atoms with Crippen LogP contribution in [0.25, 0.3) is 0 Å². The molecule has 108 valence electrons. The number of aliphatic hydroxyl groups excluding tert-OH is 1. The molecule has 1 aromatic heterocycles. The summed E-state index contributed by atoms with van der Waals surface area (Å²) in [6.45, 7) is 4.85. The van der Waals surface area contributed by atoms with Crippen LogP contribution in [0.4, 0.5) is 0 Å². The van der Waals surface area contributed by atoms with Gasteiger partial charge in [0.15, 0.2) is 0 Å². The molecule has 0 fully saturated rings. The predicted molar refractivity (Wildman–Crippen MR) is 76.2 cm³/mol. The van der Waals surface area contributed by atoms with Gasteiger partial charge in [0.05, 0.1) is 24.9 Å². The number of pyridine rings is 1. The van der Waals surface area contributed by atoms with Crippen molar-refractivity contribution in [3.8, 4) is 11.8 Å². The fourth-order valence-electron chi connectivity index (χ4n) is 1.41. The lowest BCUT2D eigenvalue weighted by molar-refractivity contribution is 0.0746. The molecule has 2 N–H and O–H groups in total.